The van der Waals surface area contributed by atoms with Crippen LogP contribution in [0.3, 0.4) is 0 Å². The fraction of sp³-hybridized carbons (Fsp3) is 0.105. The number of benzene rings is 2. The zero-order valence-corrected chi connectivity index (χ0v) is 15.0. The number of aromatic nitrogens is 2. The van der Waals surface area contributed by atoms with Crippen molar-refractivity contribution in [3.05, 3.63) is 82.1 Å². The van der Waals surface area contributed by atoms with E-state index < -0.39 is 11.8 Å². The number of hydrogen-bond acceptors (Lipinski definition) is 3. The molecule has 7 heteroatoms. The van der Waals surface area contributed by atoms with Crippen molar-refractivity contribution in [1.82, 2.24) is 20.6 Å². The number of nitrogens with zero attached hydrogens (tertiary/aromatic N) is 2. The summed E-state index contributed by atoms with van der Waals surface area (Å²) in [5.41, 5.74) is 8.38. The molecule has 0 radical (unpaired) electrons. The van der Waals surface area contributed by atoms with Crippen LogP contribution in [-0.4, -0.2) is 21.6 Å². The van der Waals surface area contributed by atoms with E-state index in [0.29, 0.717) is 16.1 Å². The van der Waals surface area contributed by atoms with Gasteiger partial charge < -0.3 is 0 Å². The summed E-state index contributed by atoms with van der Waals surface area (Å²) in [6, 6.07) is 15.3. The number of halogens is 1. The van der Waals surface area contributed by atoms with Crippen LogP contribution in [0.4, 0.5) is 0 Å². The largest absolute Gasteiger partial charge is 0.269 e. The lowest BCUT2D eigenvalue weighted by atomic mass is 10.2. The fourth-order valence-electron chi connectivity index (χ4n) is 2.50. The van der Waals surface area contributed by atoms with E-state index >= 15 is 0 Å². The lowest BCUT2D eigenvalue weighted by molar-refractivity contribution is 0.0846. The normalized spacial score (nSPS) is 10.4. The van der Waals surface area contributed by atoms with Gasteiger partial charge >= 0.3 is 0 Å². The van der Waals surface area contributed by atoms with Gasteiger partial charge in [0.25, 0.3) is 11.8 Å². The molecule has 3 aromatic rings. The van der Waals surface area contributed by atoms with Gasteiger partial charge in [-0.05, 0) is 68.4 Å². The van der Waals surface area contributed by atoms with Gasteiger partial charge in [-0.2, -0.15) is 5.10 Å². The molecule has 2 aromatic carbocycles. The smallest absolute Gasteiger partial charge is 0.267 e. The second-order valence-electron chi connectivity index (χ2n) is 5.80. The Kier molecular flexibility index (Phi) is 5.04. The first kappa shape index (κ1) is 17.7. The Morgan fingerprint density at radius 3 is 1.85 bits per heavy atom. The Morgan fingerprint density at radius 2 is 1.38 bits per heavy atom. The Bertz CT molecular complexity index is 947. The van der Waals surface area contributed by atoms with Crippen LogP contribution in [0.15, 0.2) is 54.6 Å². The van der Waals surface area contributed by atoms with Crippen LogP contribution >= 0.6 is 11.6 Å². The van der Waals surface area contributed by atoms with Crippen LogP contribution in [0.25, 0.3) is 5.69 Å². The van der Waals surface area contributed by atoms with E-state index in [2.05, 4.69) is 16.0 Å². The average Bonchev–Trinajstić information content (AvgIpc) is 2.98. The highest BCUT2D eigenvalue weighted by Crippen LogP contribution is 2.13. The quantitative estimate of drug-likeness (QED) is 0.697. The Hall–Kier alpha value is -3.12. The summed E-state index contributed by atoms with van der Waals surface area (Å²) in [6.45, 7) is 3.89. The SMILES string of the molecule is Cc1cc(C)n(-c2ccc(C(=O)NNC(=O)c3ccc(Cl)cc3)cc2)n1. The lowest BCUT2D eigenvalue weighted by Gasteiger charge is -2.09. The van der Waals surface area contributed by atoms with Gasteiger partial charge in [-0.1, -0.05) is 11.6 Å². The highest BCUT2D eigenvalue weighted by Gasteiger charge is 2.10. The van der Waals surface area contributed by atoms with Crippen molar-refractivity contribution in [2.24, 2.45) is 0 Å². The van der Waals surface area contributed by atoms with E-state index in [-0.39, 0.29) is 0 Å². The van der Waals surface area contributed by atoms with Crippen molar-refractivity contribution in [2.45, 2.75) is 13.8 Å². The standard InChI is InChI=1S/C19H17ClN4O2/c1-12-11-13(2)24(23-12)17-9-5-15(6-10-17)19(26)22-21-18(25)14-3-7-16(20)8-4-14/h3-11H,1-2H3,(H,21,25)(H,22,26). The fourth-order valence-corrected chi connectivity index (χ4v) is 2.63. The van der Waals surface area contributed by atoms with Crippen molar-refractivity contribution in [3.63, 3.8) is 0 Å². The number of nitrogens with one attached hydrogen (secondary N) is 2. The van der Waals surface area contributed by atoms with Crippen molar-refractivity contribution in [2.75, 3.05) is 0 Å². The van der Waals surface area contributed by atoms with Crippen LogP contribution in [0.2, 0.25) is 5.02 Å². The minimum atomic E-state index is -0.422. The van der Waals surface area contributed by atoms with E-state index in [4.69, 9.17) is 11.6 Å². The number of carbonyl (C=O) groups excluding carboxylic acids is 2. The molecule has 1 aromatic heterocycles. The molecule has 6 nitrogen and oxygen atoms in total. The number of carbonyl (C=O) groups is 2. The van der Waals surface area contributed by atoms with Gasteiger partial charge in [0, 0.05) is 21.8 Å². The maximum atomic E-state index is 12.2. The molecular formula is C19H17ClN4O2. The molecule has 0 saturated heterocycles. The van der Waals surface area contributed by atoms with Crippen LogP contribution in [0.1, 0.15) is 32.1 Å². The lowest BCUT2D eigenvalue weighted by Crippen LogP contribution is -2.41. The van der Waals surface area contributed by atoms with Crippen molar-refractivity contribution in [3.8, 4) is 5.69 Å². The van der Waals surface area contributed by atoms with E-state index in [1.165, 1.54) is 0 Å². The highest BCUT2D eigenvalue weighted by molar-refractivity contribution is 6.30. The Labute approximate surface area is 155 Å². The minimum absolute atomic E-state index is 0.398. The number of hydrazine groups is 1. The molecule has 0 aliphatic carbocycles. The second-order valence-corrected chi connectivity index (χ2v) is 6.24. The summed E-state index contributed by atoms with van der Waals surface area (Å²) in [4.78, 5) is 24.2. The van der Waals surface area contributed by atoms with Crippen LogP contribution < -0.4 is 10.9 Å². The van der Waals surface area contributed by atoms with Crippen LogP contribution in [-0.2, 0) is 0 Å². The topological polar surface area (TPSA) is 76.0 Å². The first-order valence-corrected chi connectivity index (χ1v) is 8.32. The van der Waals surface area contributed by atoms with Gasteiger partial charge in [0.05, 0.1) is 11.4 Å². The van der Waals surface area contributed by atoms with Crippen molar-refractivity contribution >= 4 is 23.4 Å². The highest BCUT2D eigenvalue weighted by atomic mass is 35.5. The molecule has 0 saturated carbocycles. The molecular weight excluding hydrogens is 352 g/mol. The number of hydrogen-bond donors (Lipinski definition) is 2. The number of amides is 2. The van der Waals surface area contributed by atoms with E-state index in [1.807, 2.05) is 19.9 Å². The van der Waals surface area contributed by atoms with Crippen molar-refractivity contribution in [1.29, 1.82) is 0 Å². The van der Waals surface area contributed by atoms with Gasteiger partial charge in [0.15, 0.2) is 0 Å². The summed E-state index contributed by atoms with van der Waals surface area (Å²) in [5, 5.41) is 4.94. The third kappa shape index (κ3) is 3.92. The zero-order chi connectivity index (χ0) is 18.7. The summed E-state index contributed by atoms with van der Waals surface area (Å²) in [6.07, 6.45) is 0. The monoisotopic (exact) mass is 368 g/mol. The molecule has 0 spiro atoms. The maximum absolute atomic E-state index is 12.2. The van der Waals surface area contributed by atoms with Crippen LogP contribution in [0, 0.1) is 13.8 Å². The van der Waals surface area contributed by atoms with Gasteiger partial charge in [-0.15, -0.1) is 0 Å². The third-order valence-corrected chi connectivity index (χ3v) is 4.03. The molecule has 0 unspecified atom stereocenters. The predicted octanol–water partition coefficient (Wildman–Crippen LogP) is 3.22. The minimum Gasteiger partial charge on any atom is -0.267 e. The molecule has 0 aliphatic heterocycles. The third-order valence-electron chi connectivity index (χ3n) is 3.78. The Balaban J connectivity index is 1.64. The average molecular weight is 369 g/mol. The van der Waals surface area contributed by atoms with Gasteiger partial charge in [0.2, 0.25) is 0 Å². The molecule has 2 amide bonds. The predicted molar refractivity (Wildman–Crippen MR) is 99.4 cm³/mol. The first-order valence-electron chi connectivity index (χ1n) is 7.94. The number of rotatable bonds is 3. The van der Waals surface area contributed by atoms with Gasteiger partial charge in [-0.25, -0.2) is 4.68 Å². The molecule has 132 valence electrons. The van der Waals surface area contributed by atoms with E-state index in [1.54, 1.807) is 53.2 Å². The summed E-state index contributed by atoms with van der Waals surface area (Å²) in [5.74, 6) is -0.832. The summed E-state index contributed by atoms with van der Waals surface area (Å²) < 4.78 is 1.80. The van der Waals surface area contributed by atoms with E-state index in [9.17, 15) is 9.59 Å². The molecule has 2 N–H and O–H groups in total. The molecule has 0 atom stereocenters. The van der Waals surface area contributed by atoms with Crippen molar-refractivity contribution < 1.29 is 9.59 Å². The number of aryl methyl sites for hydroxylation is 2. The maximum Gasteiger partial charge on any atom is 0.269 e. The Morgan fingerprint density at radius 1 is 0.885 bits per heavy atom. The molecule has 0 fully saturated rings. The summed E-state index contributed by atoms with van der Waals surface area (Å²) in [7, 11) is 0. The van der Waals surface area contributed by atoms with Gasteiger partial charge in [-0.3, -0.25) is 20.4 Å². The first-order chi connectivity index (χ1) is 12.4. The molecule has 26 heavy (non-hydrogen) atoms. The zero-order valence-electron chi connectivity index (χ0n) is 14.3. The molecule has 0 bridgehead atoms. The molecule has 0 aliphatic rings. The molecule has 3 rings (SSSR count). The van der Waals surface area contributed by atoms with E-state index in [0.717, 1.165) is 17.1 Å². The van der Waals surface area contributed by atoms with Gasteiger partial charge in [0.1, 0.15) is 0 Å². The van der Waals surface area contributed by atoms with Crippen LogP contribution in [0.5, 0.6) is 0 Å². The summed E-state index contributed by atoms with van der Waals surface area (Å²) >= 11 is 5.78. The molecule has 1 heterocycles. The second kappa shape index (κ2) is 7.41.